The van der Waals surface area contributed by atoms with E-state index in [2.05, 4.69) is 0 Å². The molecule has 4 heteroatoms. The Balaban J connectivity index is 1.45. The van der Waals surface area contributed by atoms with Crippen molar-refractivity contribution in [2.75, 3.05) is 0 Å². The lowest BCUT2D eigenvalue weighted by Crippen LogP contribution is -2.79. The third kappa shape index (κ3) is 2.00. The molecule has 3 saturated carbocycles. The Hall–Kier alpha value is -1.84. The number of benzene rings is 1. The van der Waals surface area contributed by atoms with E-state index in [1.54, 1.807) is 5.01 Å². The average Bonchev–Trinajstić information content (AvgIpc) is 2.84. The van der Waals surface area contributed by atoms with Crippen LogP contribution in [0.25, 0.3) is 0 Å². The van der Waals surface area contributed by atoms with Crippen molar-refractivity contribution in [1.29, 1.82) is 0 Å². The molecule has 4 fully saturated rings. The molecule has 1 saturated heterocycles. The molecule has 5 atom stereocenters. The van der Waals surface area contributed by atoms with Gasteiger partial charge in [0.2, 0.25) is 0 Å². The molecule has 3 aliphatic carbocycles. The third-order valence-corrected chi connectivity index (χ3v) is 7.38. The van der Waals surface area contributed by atoms with E-state index in [1.807, 2.05) is 49.2 Å². The summed E-state index contributed by atoms with van der Waals surface area (Å²) in [6.07, 6.45) is 6.19. The van der Waals surface area contributed by atoms with Gasteiger partial charge in [0.15, 0.2) is 0 Å². The summed E-state index contributed by atoms with van der Waals surface area (Å²) in [5.74, 6) is 3.31. The van der Waals surface area contributed by atoms with Gasteiger partial charge in [-0.2, -0.15) is 0 Å². The molecule has 4 nitrogen and oxygen atoms in total. The first kappa shape index (κ1) is 15.4. The van der Waals surface area contributed by atoms with Crippen LogP contribution in [0.1, 0.15) is 56.3 Å². The predicted molar refractivity (Wildman–Crippen MR) is 94.4 cm³/mol. The van der Waals surface area contributed by atoms with Crippen LogP contribution in [-0.4, -0.2) is 33.4 Å². The number of fused-ring (bicyclic) bond motifs is 1. The highest BCUT2D eigenvalue weighted by atomic mass is 16.2. The second-order valence-corrected chi connectivity index (χ2v) is 8.99. The van der Waals surface area contributed by atoms with Crippen LogP contribution in [0.15, 0.2) is 30.3 Å². The van der Waals surface area contributed by atoms with Crippen LogP contribution in [-0.2, 0) is 4.79 Å². The van der Waals surface area contributed by atoms with Crippen LogP contribution in [0, 0.1) is 23.7 Å². The number of hydrogen-bond donors (Lipinski definition) is 0. The van der Waals surface area contributed by atoms with Crippen molar-refractivity contribution in [3.8, 4) is 0 Å². The molecule has 25 heavy (non-hydrogen) atoms. The van der Waals surface area contributed by atoms with E-state index >= 15 is 0 Å². The number of carbonyl (C=O) groups excluding carboxylic acids is 2. The highest BCUT2D eigenvalue weighted by molar-refractivity contribution is 6.04. The van der Waals surface area contributed by atoms with Gasteiger partial charge in [0.05, 0.1) is 6.04 Å². The van der Waals surface area contributed by atoms with Gasteiger partial charge in [0.25, 0.3) is 11.8 Å². The van der Waals surface area contributed by atoms with E-state index in [4.69, 9.17) is 0 Å². The number of carbonyl (C=O) groups is 2. The topological polar surface area (TPSA) is 40.6 Å². The van der Waals surface area contributed by atoms with Crippen LogP contribution in [0.2, 0.25) is 0 Å². The van der Waals surface area contributed by atoms with Crippen molar-refractivity contribution in [2.45, 2.75) is 57.5 Å². The van der Waals surface area contributed by atoms with Crippen molar-refractivity contribution in [3.05, 3.63) is 35.9 Å². The predicted octanol–water partition coefficient (Wildman–Crippen LogP) is 3.49. The summed E-state index contributed by atoms with van der Waals surface area (Å²) >= 11 is 0. The highest BCUT2D eigenvalue weighted by Crippen LogP contribution is 2.59. The molecule has 0 N–H and O–H groups in total. The molecule has 0 aromatic heterocycles. The number of hydrazine groups is 1. The Morgan fingerprint density at radius 3 is 2.48 bits per heavy atom. The number of hydrogen-bond acceptors (Lipinski definition) is 2. The van der Waals surface area contributed by atoms with E-state index in [-0.39, 0.29) is 17.9 Å². The van der Waals surface area contributed by atoms with Gasteiger partial charge in [-0.25, -0.2) is 10.0 Å². The summed E-state index contributed by atoms with van der Waals surface area (Å²) < 4.78 is 0. The summed E-state index contributed by atoms with van der Waals surface area (Å²) in [7, 11) is 0. The summed E-state index contributed by atoms with van der Waals surface area (Å²) in [4.78, 5) is 26.1. The number of nitrogens with zero attached hydrogens (tertiary/aromatic N) is 2. The third-order valence-electron chi connectivity index (χ3n) is 7.38. The molecule has 132 valence electrons. The molecule has 5 unspecified atom stereocenters. The quantitative estimate of drug-likeness (QED) is 0.828. The normalized spacial score (nSPS) is 38.0. The van der Waals surface area contributed by atoms with Gasteiger partial charge in [-0.3, -0.25) is 9.59 Å². The molecule has 0 radical (unpaired) electrons. The van der Waals surface area contributed by atoms with E-state index in [1.165, 1.54) is 25.7 Å². The summed E-state index contributed by atoms with van der Waals surface area (Å²) in [6.45, 7) is 3.75. The van der Waals surface area contributed by atoms with Crippen LogP contribution >= 0.6 is 0 Å². The van der Waals surface area contributed by atoms with Gasteiger partial charge in [0, 0.05) is 5.56 Å². The monoisotopic (exact) mass is 338 g/mol. The Morgan fingerprint density at radius 1 is 1.00 bits per heavy atom. The highest BCUT2D eigenvalue weighted by Gasteiger charge is 2.61. The number of rotatable bonds is 2. The second kappa shape index (κ2) is 5.09. The second-order valence-electron chi connectivity index (χ2n) is 8.99. The Bertz CT molecular complexity index is 729. The lowest BCUT2D eigenvalue weighted by Gasteiger charge is -2.59. The van der Waals surface area contributed by atoms with Crippen molar-refractivity contribution >= 4 is 11.8 Å². The summed E-state index contributed by atoms with van der Waals surface area (Å²) in [5.41, 5.74) is -0.0750. The zero-order valence-electron chi connectivity index (χ0n) is 15.0. The molecular formula is C21H26N2O2. The molecule has 5 rings (SSSR count). The van der Waals surface area contributed by atoms with Crippen LogP contribution in [0.4, 0.5) is 0 Å². The van der Waals surface area contributed by atoms with Crippen molar-refractivity contribution in [3.63, 3.8) is 0 Å². The summed E-state index contributed by atoms with van der Waals surface area (Å²) in [5, 5.41) is 3.59. The molecule has 2 amide bonds. The maximum atomic E-state index is 13.1. The fourth-order valence-electron chi connectivity index (χ4n) is 6.05. The molecule has 1 aromatic rings. The van der Waals surface area contributed by atoms with Crippen LogP contribution < -0.4 is 0 Å². The Kier molecular flexibility index (Phi) is 3.14. The molecule has 1 aromatic carbocycles. The van der Waals surface area contributed by atoms with Gasteiger partial charge in [0.1, 0.15) is 5.54 Å². The minimum Gasteiger partial charge on any atom is -0.270 e. The molecule has 4 aliphatic rings. The lowest BCUT2D eigenvalue weighted by molar-refractivity contribution is -0.213. The van der Waals surface area contributed by atoms with Gasteiger partial charge < -0.3 is 0 Å². The van der Waals surface area contributed by atoms with E-state index in [9.17, 15) is 9.59 Å². The molecule has 0 spiro atoms. The van der Waals surface area contributed by atoms with Crippen LogP contribution in [0.3, 0.4) is 0 Å². The van der Waals surface area contributed by atoms with Gasteiger partial charge >= 0.3 is 0 Å². The molecular weight excluding hydrogens is 312 g/mol. The van der Waals surface area contributed by atoms with Gasteiger partial charge in [-0.15, -0.1) is 0 Å². The summed E-state index contributed by atoms with van der Waals surface area (Å²) in [6, 6.07) is 9.57. The first-order valence-electron chi connectivity index (χ1n) is 9.71. The minimum atomic E-state index is -0.736. The maximum absolute atomic E-state index is 13.1. The smallest absolute Gasteiger partial charge is 0.270 e. The van der Waals surface area contributed by atoms with Crippen LogP contribution in [0.5, 0.6) is 0 Å². The Morgan fingerprint density at radius 2 is 1.72 bits per heavy atom. The maximum Gasteiger partial charge on any atom is 0.273 e. The zero-order valence-corrected chi connectivity index (χ0v) is 15.0. The van der Waals surface area contributed by atoms with E-state index in [0.717, 1.165) is 24.2 Å². The van der Waals surface area contributed by atoms with Crippen molar-refractivity contribution in [1.82, 2.24) is 10.0 Å². The zero-order chi connectivity index (χ0) is 17.3. The average molecular weight is 338 g/mol. The SMILES string of the molecule is CC1(C)C(=O)N(C2CCC3CC4CC2CC34)N1C(=O)c1ccccc1. The van der Waals surface area contributed by atoms with Gasteiger partial charge in [-0.1, -0.05) is 18.2 Å². The number of amides is 2. The van der Waals surface area contributed by atoms with Gasteiger partial charge in [-0.05, 0) is 81.8 Å². The first-order valence-corrected chi connectivity index (χ1v) is 9.71. The largest absolute Gasteiger partial charge is 0.273 e. The Labute approximate surface area is 149 Å². The molecule has 1 heterocycles. The lowest BCUT2D eigenvalue weighted by atomic mass is 9.64. The molecule has 1 aliphatic heterocycles. The van der Waals surface area contributed by atoms with E-state index in [0.29, 0.717) is 11.5 Å². The fourth-order valence-corrected chi connectivity index (χ4v) is 6.05. The van der Waals surface area contributed by atoms with Crippen molar-refractivity contribution < 1.29 is 9.59 Å². The first-order chi connectivity index (χ1) is 12.0. The fraction of sp³-hybridized carbons (Fsp3) is 0.619. The van der Waals surface area contributed by atoms with Crippen molar-refractivity contribution in [2.24, 2.45) is 23.7 Å². The minimum absolute atomic E-state index is 0.0471. The standard InChI is InChI=1S/C21H26N2O2/c1-21(2)20(25)22(23(21)19(24)13-6-4-3-5-7-13)18-9-8-14-10-15-11-16(18)12-17(14)15/h3-7,14-18H,8-12H2,1-2H3. The van der Waals surface area contributed by atoms with E-state index < -0.39 is 5.54 Å². The molecule has 2 bridgehead atoms.